The van der Waals surface area contributed by atoms with Crippen molar-refractivity contribution in [2.75, 3.05) is 0 Å². The lowest BCUT2D eigenvalue weighted by Crippen LogP contribution is -1.93. The van der Waals surface area contributed by atoms with Gasteiger partial charge in [0.1, 0.15) is 0 Å². The minimum atomic E-state index is 1.20. The van der Waals surface area contributed by atoms with Gasteiger partial charge in [0.05, 0.1) is 11.0 Å². The van der Waals surface area contributed by atoms with E-state index in [1.54, 1.807) is 0 Å². The average molecular weight is 426 g/mol. The molecule has 0 unspecified atom stereocenters. The lowest BCUT2D eigenvalue weighted by atomic mass is 10.0. The van der Waals surface area contributed by atoms with Crippen LogP contribution in [0, 0.1) is 0 Å². The predicted octanol–water partition coefficient (Wildman–Crippen LogP) is 8.82. The fourth-order valence-electron chi connectivity index (χ4n) is 4.97. The van der Waals surface area contributed by atoms with Crippen molar-refractivity contribution in [1.29, 1.82) is 0 Å². The molecule has 2 aromatic heterocycles. The first-order valence-electron chi connectivity index (χ1n) is 10.9. The zero-order valence-corrected chi connectivity index (χ0v) is 18.1. The first kappa shape index (κ1) is 17.8. The number of aromatic nitrogens is 1. The van der Waals surface area contributed by atoms with Crippen LogP contribution in [0.25, 0.3) is 58.8 Å². The summed E-state index contributed by atoms with van der Waals surface area (Å²) in [7, 11) is 0. The van der Waals surface area contributed by atoms with E-state index in [1.165, 1.54) is 58.8 Å². The number of rotatable bonds is 2. The van der Waals surface area contributed by atoms with Crippen LogP contribution in [-0.4, -0.2) is 4.57 Å². The highest BCUT2D eigenvalue weighted by atomic mass is 32.1. The molecule has 0 spiro atoms. The molecule has 0 N–H and O–H groups in total. The molecule has 2 heteroatoms. The second kappa shape index (κ2) is 6.81. The largest absolute Gasteiger partial charge is 0.309 e. The van der Waals surface area contributed by atoms with Crippen LogP contribution in [0.2, 0.25) is 0 Å². The highest BCUT2D eigenvalue weighted by molar-refractivity contribution is 7.26. The first-order chi connectivity index (χ1) is 15.9. The Hall–Kier alpha value is -3.88. The molecule has 0 aliphatic heterocycles. The molecule has 0 bridgehead atoms. The summed E-state index contributed by atoms with van der Waals surface area (Å²) in [5, 5.41) is 5.28. The van der Waals surface area contributed by atoms with E-state index < -0.39 is 0 Å². The molecular weight excluding hydrogens is 406 g/mol. The van der Waals surface area contributed by atoms with Gasteiger partial charge in [-0.05, 0) is 47.5 Å². The van der Waals surface area contributed by atoms with E-state index in [9.17, 15) is 0 Å². The van der Waals surface area contributed by atoms with Crippen molar-refractivity contribution >= 4 is 53.3 Å². The molecule has 0 atom stereocenters. The van der Waals surface area contributed by atoms with Gasteiger partial charge in [0, 0.05) is 36.6 Å². The third-order valence-corrected chi connectivity index (χ3v) is 7.52. The number of fused-ring (bicyclic) bond motifs is 7. The van der Waals surface area contributed by atoms with Gasteiger partial charge in [-0.25, -0.2) is 0 Å². The Kier molecular flexibility index (Phi) is 3.78. The summed E-state index contributed by atoms with van der Waals surface area (Å²) in [6.45, 7) is 0. The fourth-order valence-corrected chi connectivity index (χ4v) is 6.06. The predicted molar refractivity (Wildman–Crippen MR) is 139 cm³/mol. The van der Waals surface area contributed by atoms with Crippen molar-refractivity contribution < 1.29 is 0 Å². The maximum atomic E-state index is 2.44. The van der Waals surface area contributed by atoms with Gasteiger partial charge in [0.2, 0.25) is 0 Å². The van der Waals surface area contributed by atoms with Crippen LogP contribution in [-0.2, 0) is 0 Å². The summed E-state index contributed by atoms with van der Waals surface area (Å²) in [6, 6.07) is 41.6. The number of thiophene rings is 1. The number of hydrogen-bond donors (Lipinski definition) is 0. The van der Waals surface area contributed by atoms with E-state index in [-0.39, 0.29) is 0 Å². The molecular formula is C30H19NS. The summed E-state index contributed by atoms with van der Waals surface area (Å²) in [5.74, 6) is 0. The molecule has 7 aromatic rings. The van der Waals surface area contributed by atoms with Crippen molar-refractivity contribution in [3.05, 3.63) is 115 Å². The molecule has 32 heavy (non-hydrogen) atoms. The Morgan fingerprint density at radius 1 is 0.500 bits per heavy atom. The van der Waals surface area contributed by atoms with Gasteiger partial charge in [-0.2, -0.15) is 0 Å². The summed E-state index contributed by atoms with van der Waals surface area (Å²) in [6.07, 6.45) is 0. The van der Waals surface area contributed by atoms with Gasteiger partial charge < -0.3 is 4.57 Å². The lowest BCUT2D eigenvalue weighted by Gasteiger charge is -2.09. The van der Waals surface area contributed by atoms with E-state index in [4.69, 9.17) is 0 Å². The molecule has 150 valence electrons. The van der Waals surface area contributed by atoms with Gasteiger partial charge in [-0.15, -0.1) is 11.3 Å². The minimum absolute atomic E-state index is 1.20. The highest BCUT2D eigenvalue weighted by Gasteiger charge is 2.18. The smallest absolute Gasteiger partial charge is 0.0634 e. The summed E-state index contributed by atoms with van der Waals surface area (Å²) < 4.78 is 5.10. The monoisotopic (exact) mass is 425 g/mol. The molecule has 0 fully saturated rings. The average Bonchev–Trinajstić information content (AvgIpc) is 3.40. The third kappa shape index (κ3) is 2.50. The Labute approximate surface area is 189 Å². The molecule has 0 saturated heterocycles. The van der Waals surface area contributed by atoms with Gasteiger partial charge in [0.25, 0.3) is 0 Å². The van der Waals surface area contributed by atoms with Crippen LogP contribution < -0.4 is 0 Å². The van der Waals surface area contributed by atoms with E-state index in [0.717, 1.165) is 0 Å². The molecule has 7 rings (SSSR count). The van der Waals surface area contributed by atoms with Crippen molar-refractivity contribution in [2.24, 2.45) is 0 Å². The fraction of sp³-hybridized carbons (Fsp3) is 0. The molecule has 0 amide bonds. The number of benzene rings is 5. The van der Waals surface area contributed by atoms with Crippen LogP contribution in [0.5, 0.6) is 0 Å². The highest BCUT2D eigenvalue weighted by Crippen LogP contribution is 2.43. The normalized spacial score (nSPS) is 11.8. The maximum Gasteiger partial charge on any atom is 0.0634 e. The molecule has 0 saturated carbocycles. The zero-order chi connectivity index (χ0) is 21.1. The molecule has 0 radical (unpaired) electrons. The van der Waals surface area contributed by atoms with Crippen molar-refractivity contribution in [2.45, 2.75) is 0 Å². The molecule has 0 aliphatic carbocycles. The number of nitrogens with zero attached hydrogens (tertiary/aromatic N) is 1. The minimum Gasteiger partial charge on any atom is -0.309 e. The quantitative estimate of drug-likeness (QED) is 0.261. The third-order valence-electron chi connectivity index (χ3n) is 6.39. The molecule has 1 nitrogen and oxygen atoms in total. The van der Waals surface area contributed by atoms with E-state index in [2.05, 4.69) is 120 Å². The summed E-state index contributed by atoms with van der Waals surface area (Å²) >= 11 is 1.88. The van der Waals surface area contributed by atoms with Crippen molar-refractivity contribution in [3.8, 4) is 16.8 Å². The maximum absolute atomic E-state index is 2.44. The van der Waals surface area contributed by atoms with Crippen LogP contribution in [0.4, 0.5) is 0 Å². The standard InChI is InChI=1S/C30H19NS/c1-3-9-20(10-4-1)21-15-17-27-25(19-21)29-28(32-27)18-16-24-23-13-7-8-14-26(23)31(30(24)29)22-11-5-2-6-12-22/h1-19H. The first-order valence-corrected chi connectivity index (χ1v) is 11.7. The zero-order valence-electron chi connectivity index (χ0n) is 17.3. The van der Waals surface area contributed by atoms with Crippen LogP contribution in [0.3, 0.4) is 0 Å². The van der Waals surface area contributed by atoms with Crippen LogP contribution in [0.1, 0.15) is 0 Å². The SMILES string of the molecule is c1ccc(-c2ccc3sc4ccc5c6ccccc6n(-c6ccccc6)c5c4c3c2)cc1. The lowest BCUT2D eigenvalue weighted by molar-refractivity contribution is 1.19. The second-order valence-electron chi connectivity index (χ2n) is 8.20. The van der Waals surface area contributed by atoms with Crippen molar-refractivity contribution in [3.63, 3.8) is 0 Å². The van der Waals surface area contributed by atoms with E-state index in [0.29, 0.717) is 0 Å². The summed E-state index contributed by atoms with van der Waals surface area (Å²) in [4.78, 5) is 0. The van der Waals surface area contributed by atoms with Gasteiger partial charge in [-0.1, -0.05) is 78.9 Å². The van der Waals surface area contributed by atoms with E-state index >= 15 is 0 Å². The van der Waals surface area contributed by atoms with Crippen molar-refractivity contribution in [1.82, 2.24) is 4.57 Å². The number of para-hydroxylation sites is 2. The molecule has 5 aromatic carbocycles. The number of hydrogen-bond acceptors (Lipinski definition) is 1. The molecule has 2 heterocycles. The Bertz CT molecular complexity index is 1760. The molecule has 0 aliphatic rings. The Morgan fingerprint density at radius 2 is 1.22 bits per heavy atom. The van der Waals surface area contributed by atoms with Gasteiger partial charge in [-0.3, -0.25) is 0 Å². The second-order valence-corrected chi connectivity index (χ2v) is 9.29. The topological polar surface area (TPSA) is 4.93 Å². The van der Waals surface area contributed by atoms with Crippen LogP contribution in [0.15, 0.2) is 115 Å². The van der Waals surface area contributed by atoms with Gasteiger partial charge in [0.15, 0.2) is 0 Å². The summed E-state index contributed by atoms with van der Waals surface area (Å²) in [5.41, 5.74) is 6.26. The Morgan fingerprint density at radius 3 is 2.06 bits per heavy atom. The van der Waals surface area contributed by atoms with E-state index in [1.807, 2.05) is 11.3 Å². The Balaban J connectivity index is 1.68. The van der Waals surface area contributed by atoms with Crippen LogP contribution >= 0.6 is 11.3 Å². The van der Waals surface area contributed by atoms with Gasteiger partial charge >= 0.3 is 0 Å².